The predicted molar refractivity (Wildman–Crippen MR) is 83.4 cm³/mol. The van der Waals surface area contributed by atoms with Gasteiger partial charge < -0.3 is 14.9 Å². The van der Waals surface area contributed by atoms with Gasteiger partial charge in [0.15, 0.2) is 0 Å². The summed E-state index contributed by atoms with van der Waals surface area (Å²) in [7, 11) is 0. The number of hydrogen-bond donors (Lipinski definition) is 2. The molecule has 1 aromatic carbocycles. The lowest BCUT2D eigenvalue weighted by Gasteiger charge is -2.27. The van der Waals surface area contributed by atoms with Gasteiger partial charge >= 0.3 is 5.97 Å². The number of ether oxygens (including phenoxy) is 1. The summed E-state index contributed by atoms with van der Waals surface area (Å²) in [6.45, 7) is 0.783. The van der Waals surface area contributed by atoms with Crippen LogP contribution >= 0.6 is 0 Å². The summed E-state index contributed by atoms with van der Waals surface area (Å²) < 4.78 is 19.8. The van der Waals surface area contributed by atoms with Gasteiger partial charge in [-0.2, -0.15) is 0 Å². The molecule has 5 heteroatoms. The standard InChI is InChI=1S/C18H23FO4/c19-16-8-17(14(13-5-6-13)7-15(16)18(21)22)23-10-12-3-1-11(9-20)2-4-12/h7-8,11-13,20H,1-6,9-10H2,(H,21,22). The number of aliphatic hydroxyl groups is 1. The molecule has 0 amide bonds. The number of carbonyl (C=O) groups is 1. The molecule has 0 bridgehead atoms. The van der Waals surface area contributed by atoms with Crippen LogP contribution in [0.5, 0.6) is 5.75 Å². The molecule has 0 aliphatic heterocycles. The Morgan fingerprint density at radius 2 is 1.78 bits per heavy atom. The molecule has 1 aromatic rings. The molecule has 2 aliphatic carbocycles. The second-order valence-corrected chi connectivity index (χ2v) is 6.83. The van der Waals surface area contributed by atoms with Crippen LogP contribution in [0, 0.1) is 17.7 Å². The van der Waals surface area contributed by atoms with Crippen LogP contribution in [0.15, 0.2) is 12.1 Å². The van der Waals surface area contributed by atoms with E-state index in [-0.39, 0.29) is 12.2 Å². The fraction of sp³-hybridized carbons (Fsp3) is 0.611. The number of aliphatic hydroxyl groups excluding tert-OH is 1. The zero-order valence-corrected chi connectivity index (χ0v) is 13.1. The monoisotopic (exact) mass is 322 g/mol. The average Bonchev–Trinajstić information content (AvgIpc) is 3.38. The van der Waals surface area contributed by atoms with Crippen molar-refractivity contribution in [2.24, 2.45) is 11.8 Å². The Morgan fingerprint density at radius 1 is 1.13 bits per heavy atom. The summed E-state index contributed by atoms with van der Waals surface area (Å²) in [6.07, 6.45) is 6.04. The maximum atomic E-state index is 13.9. The second kappa shape index (κ2) is 6.87. The van der Waals surface area contributed by atoms with Crippen molar-refractivity contribution in [3.63, 3.8) is 0 Å². The van der Waals surface area contributed by atoms with E-state index in [4.69, 9.17) is 9.84 Å². The molecule has 0 radical (unpaired) electrons. The van der Waals surface area contributed by atoms with E-state index >= 15 is 0 Å². The third-order valence-corrected chi connectivity index (χ3v) is 5.05. The number of benzene rings is 1. The summed E-state index contributed by atoms with van der Waals surface area (Å²) in [6, 6.07) is 2.67. The first-order valence-corrected chi connectivity index (χ1v) is 8.39. The first-order chi connectivity index (χ1) is 11.1. The van der Waals surface area contributed by atoms with Crippen molar-refractivity contribution in [1.29, 1.82) is 0 Å². The van der Waals surface area contributed by atoms with Gasteiger partial charge in [0.2, 0.25) is 0 Å². The van der Waals surface area contributed by atoms with E-state index in [1.165, 1.54) is 12.1 Å². The minimum absolute atomic E-state index is 0.251. The molecule has 4 nitrogen and oxygen atoms in total. The maximum absolute atomic E-state index is 13.9. The molecule has 0 heterocycles. The molecule has 0 unspecified atom stereocenters. The minimum atomic E-state index is -1.24. The minimum Gasteiger partial charge on any atom is -0.493 e. The smallest absolute Gasteiger partial charge is 0.338 e. The summed E-state index contributed by atoms with van der Waals surface area (Å²) in [5.74, 6) is -0.347. The largest absolute Gasteiger partial charge is 0.493 e. The van der Waals surface area contributed by atoms with Crippen molar-refractivity contribution in [3.05, 3.63) is 29.1 Å². The highest BCUT2D eigenvalue weighted by atomic mass is 19.1. The van der Waals surface area contributed by atoms with Crippen molar-refractivity contribution in [2.75, 3.05) is 13.2 Å². The van der Waals surface area contributed by atoms with E-state index < -0.39 is 11.8 Å². The van der Waals surface area contributed by atoms with Crippen LogP contribution in [0.3, 0.4) is 0 Å². The van der Waals surface area contributed by atoms with Crippen molar-refractivity contribution in [3.8, 4) is 5.75 Å². The number of carboxylic acid groups (broad SMARTS) is 1. The van der Waals surface area contributed by atoms with Gasteiger partial charge in [0.05, 0.1) is 12.2 Å². The van der Waals surface area contributed by atoms with Crippen LogP contribution in [-0.2, 0) is 0 Å². The van der Waals surface area contributed by atoms with Gasteiger partial charge in [-0.25, -0.2) is 9.18 Å². The molecule has 23 heavy (non-hydrogen) atoms. The van der Waals surface area contributed by atoms with Crippen LogP contribution in [0.2, 0.25) is 0 Å². The average molecular weight is 322 g/mol. The summed E-state index contributed by atoms with van der Waals surface area (Å²) >= 11 is 0. The third-order valence-electron chi connectivity index (χ3n) is 5.05. The van der Waals surface area contributed by atoms with Crippen LogP contribution in [0.4, 0.5) is 4.39 Å². The molecule has 2 aliphatic rings. The molecule has 126 valence electrons. The second-order valence-electron chi connectivity index (χ2n) is 6.83. The van der Waals surface area contributed by atoms with Crippen molar-refractivity contribution < 1.29 is 24.1 Å². The molecular formula is C18H23FO4. The van der Waals surface area contributed by atoms with E-state index in [1.807, 2.05) is 0 Å². The van der Waals surface area contributed by atoms with E-state index in [0.717, 1.165) is 44.1 Å². The molecule has 0 spiro atoms. The van der Waals surface area contributed by atoms with Gasteiger partial charge in [0.25, 0.3) is 0 Å². The third kappa shape index (κ3) is 3.83. The quantitative estimate of drug-likeness (QED) is 0.840. The molecule has 2 fully saturated rings. The van der Waals surface area contributed by atoms with Gasteiger partial charge in [-0.3, -0.25) is 0 Å². The van der Waals surface area contributed by atoms with Gasteiger partial charge in [0.1, 0.15) is 11.6 Å². The first kappa shape index (κ1) is 16.2. The van der Waals surface area contributed by atoms with Crippen LogP contribution in [0.25, 0.3) is 0 Å². The molecule has 0 aromatic heterocycles. The zero-order valence-electron chi connectivity index (χ0n) is 13.1. The van der Waals surface area contributed by atoms with Gasteiger partial charge in [-0.05, 0) is 67.9 Å². The number of aromatic carboxylic acids is 1. The first-order valence-electron chi connectivity index (χ1n) is 8.39. The topological polar surface area (TPSA) is 66.8 Å². The fourth-order valence-corrected chi connectivity index (χ4v) is 3.36. The number of halogens is 1. The predicted octanol–water partition coefficient (Wildman–Crippen LogP) is 3.58. The Morgan fingerprint density at radius 3 is 2.35 bits per heavy atom. The fourth-order valence-electron chi connectivity index (χ4n) is 3.36. The number of rotatable bonds is 6. The summed E-state index contributed by atoms with van der Waals surface area (Å²) in [4.78, 5) is 11.1. The van der Waals surface area contributed by atoms with Crippen LogP contribution in [0.1, 0.15) is 60.4 Å². The highest BCUT2D eigenvalue weighted by Gasteiger charge is 2.30. The Labute approximate surface area is 135 Å². The molecule has 3 rings (SSSR count). The van der Waals surface area contributed by atoms with E-state index in [0.29, 0.717) is 30.1 Å². The van der Waals surface area contributed by atoms with E-state index in [1.54, 1.807) is 0 Å². The molecule has 0 atom stereocenters. The van der Waals surface area contributed by atoms with Crippen molar-refractivity contribution >= 4 is 5.97 Å². The Bertz CT molecular complexity index is 575. The SMILES string of the molecule is O=C(O)c1cc(C2CC2)c(OCC2CCC(CO)CC2)cc1F. The summed E-state index contributed by atoms with van der Waals surface area (Å²) in [5, 5.41) is 18.2. The van der Waals surface area contributed by atoms with Gasteiger partial charge in [0, 0.05) is 12.7 Å². The molecule has 2 N–H and O–H groups in total. The van der Waals surface area contributed by atoms with Crippen molar-refractivity contribution in [2.45, 2.75) is 44.4 Å². The zero-order chi connectivity index (χ0) is 16.4. The van der Waals surface area contributed by atoms with Crippen LogP contribution < -0.4 is 4.74 Å². The number of hydrogen-bond acceptors (Lipinski definition) is 3. The van der Waals surface area contributed by atoms with E-state index in [2.05, 4.69) is 0 Å². The Kier molecular flexibility index (Phi) is 4.85. The lowest BCUT2D eigenvalue weighted by Crippen LogP contribution is -2.22. The normalized spacial score (nSPS) is 24.4. The molecular weight excluding hydrogens is 299 g/mol. The highest BCUT2D eigenvalue weighted by Crippen LogP contribution is 2.45. The van der Waals surface area contributed by atoms with Gasteiger partial charge in [-0.15, -0.1) is 0 Å². The Balaban J connectivity index is 1.67. The van der Waals surface area contributed by atoms with Crippen LogP contribution in [-0.4, -0.2) is 29.4 Å². The van der Waals surface area contributed by atoms with Crippen molar-refractivity contribution in [1.82, 2.24) is 0 Å². The molecule has 0 saturated heterocycles. The Hall–Kier alpha value is -1.62. The summed E-state index contributed by atoms with van der Waals surface area (Å²) in [5.41, 5.74) is 0.551. The lowest BCUT2D eigenvalue weighted by atomic mass is 9.83. The maximum Gasteiger partial charge on any atom is 0.338 e. The van der Waals surface area contributed by atoms with E-state index in [9.17, 15) is 14.3 Å². The highest BCUT2D eigenvalue weighted by molar-refractivity contribution is 5.88. The number of carboxylic acids is 1. The lowest BCUT2D eigenvalue weighted by molar-refractivity contribution is 0.0691. The molecule has 2 saturated carbocycles. The van der Waals surface area contributed by atoms with Gasteiger partial charge in [-0.1, -0.05) is 0 Å².